The van der Waals surface area contributed by atoms with Gasteiger partial charge in [-0.3, -0.25) is 9.78 Å². The van der Waals surface area contributed by atoms with Crippen LogP contribution < -0.4 is 4.74 Å². The second-order valence-corrected chi connectivity index (χ2v) is 8.83. The molecule has 32 heavy (non-hydrogen) atoms. The lowest BCUT2D eigenvalue weighted by molar-refractivity contribution is -0.128. The number of pyridine rings is 1. The first-order valence-corrected chi connectivity index (χ1v) is 11.2. The lowest BCUT2D eigenvalue weighted by Crippen LogP contribution is -2.25. The summed E-state index contributed by atoms with van der Waals surface area (Å²) in [6.07, 6.45) is 2.08. The fourth-order valence-electron chi connectivity index (χ4n) is 4.21. The van der Waals surface area contributed by atoms with E-state index in [0.717, 1.165) is 22.4 Å². The molecule has 5 nitrogen and oxygen atoms in total. The molecule has 1 aliphatic heterocycles. The van der Waals surface area contributed by atoms with Crippen molar-refractivity contribution in [1.29, 1.82) is 0 Å². The Labute approximate surface area is 193 Å². The van der Waals surface area contributed by atoms with Crippen molar-refractivity contribution in [1.82, 2.24) is 9.88 Å². The van der Waals surface area contributed by atoms with Gasteiger partial charge in [0.25, 0.3) is 0 Å². The van der Waals surface area contributed by atoms with E-state index in [1.54, 1.807) is 23.2 Å². The van der Waals surface area contributed by atoms with Crippen LogP contribution in [0.25, 0.3) is 0 Å². The third-order valence-corrected chi connectivity index (χ3v) is 6.23. The number of nitrogens with zero attached hydrogens (tertiary/aromatic N) is 2. The van der Waals surface area contributed by atoms with E-state index >= 15 is 0 Å². The summed E-state index contributed by atoms with van der Waals surface area (Å²) < 4.78 is 6.15. The van der Waals surface area contributed by atoms with Crippen molar-refractivity contribution in [2.75, 3.05) is 6.54 Å². The molecule has 0 radical (unpaired) electrons. The molecule has 1 unspecified atom stereocenters. The first-order valence-electron chi connectivity index (χ1n) is 10.8. The Balaban J connectivity index is 1.52. The number of aliphatic hydroxyl groups excluding tert-OH is 1. The molecule has 1 amide bonds. The van der Waals surface area contributed by atoms with Crippen LogP contribution in [-0.2, 0) is 17.9 Å². The molecule has 2 aromatic carbocycles. The Morgan fingerprint density at radius 1 is 1.19 bits per heavy atom. The number of para-hydroxylation sites is 1. The highest BCUT2D eigenvalue weighted by molar-refractivity contribution is 6.31. The average Bonchev–Trinajstić information content (AvgIpc) is 3.15. The molecule has 3 aromatic rings. The first-order chi connectivity index (χ1) is 15.5. The molecular weight excluding hydrogens is 424 g/mol. The van der Waals surface area contributed by atoms with E-state index in [2.05, 4.69) is 24.9 Å². The van der Waals surface area contributed by atoms with Gasteiger partial charge in [0.05, 0.1) is 23.9 Å². The number of halogens is 1. The first kappa shape index (κ1) is 22.3. The second kappa shape index (κ2) is 9.72. The van der Waals surface area contributed by atoms with E-state index in [9.17, 15) is 9.90 Å². The number of carbonyl (C=O) groups is 1. The lowest BCUT2D eigenvalue weighted by atomic mass is 9.93. The SMILES string of the molecule is CC(C)c1ccccc1Oc1ccc(C2CC(=O)N(Cc3ncccc3Cl)C2)c(CO)c1. The minimum absolute atomic E-state index is 0.00383. The third kappa shape index (κ3) is 4.79. The van der Waals surface area contributed by atoms with Crippen LogP contribution in [0.5, 0.6) is 11.5 Å². The summed E-state index contributed by atoms with van der Waals surface area (Å²) in [6.45, 7) is 5.10. The van der Waals surface area contributed by atoms with Gasteiger partial charge in [0.2, 0.25) is 5.91 Å². The predicted molar refractivity (Wildman–Crippen MR) is 125 cm³/mol. The molecule has 1 aliphatic rings. The van der Waals surface area contributed by atoms with E-state index in [0.29, 0.717) is 41.9 Å². The van der Waals surface area contributed by atoms with E-state index < -0.39 is 0 Å². The summed E-state index contributed by atoms with van der Waals surface area (Å²) in [5.74, 6) is 1.89. The topological polar surface area (TPSA) is 62.7 Å². The van der Waals surface area contributed by atoms with Gasteiger partial charge in [0.15, 0.2) is 0 Å². The van der Waals surface area contributed by atoms with Crippen LogP contribution in [0.4, 0.5) is 0 Å². The van der Waals surface area contributed by atoms with Crippen LogP contribution in [0.15, 0.2) is 60.8 Å². The Morgan fingerprint density at radius 3 is 2.75 bits per heavy atom. The van der Waals surface area contributed by atoms with Crippen molar-refractivity contribution >= 4 is 17.5 Å². The van der Waals surface area contributed by atoms with Crippen LogP contribution in [0.2, 0.25) is 5.02 Å². The zero-order valence-electron chi connectivity index (χ0n) is 18.3. The maximum absolute atomic E-state index is 12.7. The Bertz CT molecular complexity index is 1120. The van der Waals surface area contributed by atoms with Crippen molar-refractivity contribution in [3.05, 3.63) is 88.2 Å². The van der Waals surface area contributed by atoms with Crippen LogP contribution in [0.3, 0.4) is 0 Å². The Kier molecular flexibility index (Phi) is 6.77. The fourth-order valence-corrected chi connectivity index (χ4v) is 4.39. The lowest BCUT2D eigenvalue weighted by Gasteiger charge is -2.19. The summed E-state index contributed by atoms with van der Waals surface area (Å²) in [7, 11) is 0. The highest BCUT2D eigenvalue weighted by Gasteiger charge is 2.32. The van der Waals surface area contributed by atoms with Crippen molar-refractivity contribution < 1.29 is 14.6 Å². The van der Waals surface area contributed by atoms with Crippen LogP contribution in [0.1, 0.15) is 54.5 Å². The number of aliphatic hydroxyl groups is 1. The molecule has 1 saturated heterocycles. The third-order valence-electron chi connectivity index (χ3n) is 5.88. The van der Waals surface area contributed by atoms with E-state index in [-0.39, 0.29) is 18.4 Å². The molecule has 0 bridgehead atoms. The number of ether oxygens (including phenoxy) is 1. The summed E-state index contributed by atoms with van der Waals surface area (Å²) in [5, 5.41) is 10.6. The number of hydrogen-bond acceptors (Lipinski definition) is 4. The fraction of sp³-hybridized carbons (Fsp3) is 0.308. The number of likely N-dealkylation sites (tertiary alicyclic amines) is 1. The number of aromatic nitrogens is 1. The molecule has 166 valence electrons. The van der Waals surface area contributed by atoms with Gasteiger partial charge < -0.3 is 14.7 Å². The highest BCUT2D eigenvalue weighted by atomic mass is 35.5. The van der Waals surface area contributed by atoms with Gasteiger partial charge in [-0.1, -0.05) is 49.7 Å². The van der Waals surface area contributed by atoms with Gasteiger partial charge >= 0.3 is 0 Å². The van der Waals surface area contributed by atoms with Gasteiger partial charge in [-0.05, 0) is 52.9 Å². The summed E-state index contributed by atoms with van der Waals surface area (Å²) in [5.41, 5.74) is 3.57. The highest BCUT2D eigenvalue weighted by Crippen LogP contribution is 2.36. The van der Waals surface area contributed by atoms with Crippen LogP contribution in [-0.4, -0.2) is 27.4 Å². The molecule has 1 fully saturated rings. The average molecular weight is 451 g/mol. The van der Waals surface area contributed by atoms with Gasteiger partial charge in [-0.25, -0.2) is 0 Å². The standard InChI is InChI=1S/C26H27ClN2O3/c1-17(2)21-6-3-4-8-25(21)32-20-9-10-22(19(12-20)16-30)18-13-26(31)29(14-18)15-24-23(27)7-5-11-28-24/h3-12,17-18,30H,13-16H2,1-2H3. The second-order valence-electron chi connectivity index (χ2n) is 8.42. The summed E-state index contributed by atoms with van der Waals surface area (Å²) >= 11 is 6.22. The molecule has 4 rings (SSSR count). The minimum Gasteiger partial charge on any atom is -0.457 e. The largest absolute Gasteiger partial charge is 0.457 e. The number of carbonyl (C=O) groups excluding carboxylic acids is 1. The van der Waals surface area contributed by atoms with Gasteiger partial charge in [-0.2, -0.15) is 0 Å². The quantitative estimate of drug-likeness (QED) is 0.504. The van der Waals surface area contributed by atoms with Crippen molar-refractivity contribution in [3.63, 3.8) is 0 Å². The van der Waals surface area contributed by atoms with Crippen LogP contribution >= 0.6 is 11.6 Å². The molecule has 1 aromatic heterocycles. The number of hydrogen-bond donors (Lipinski definition) is 1. The zero-order chi connectivity index (χ0) is 22.7. The molecule has 0 saturated carbocycles. The molecule has 6 heteroatoms. The Morgan fingerprint density at radius 2 is 2.00 bits per heavy atom. The monoisotopic (exact) mass is 450 g/mol. The van der Waals surface area contributed by atoms with Gasteiger partial charge in [0, 0.05) is 25.1 Å². The van der Waals surface area contributed by atoms with E-state index in [1.165, 1.54) is 0 Å². The summed E-state index contributed by atoms with van der Waals surface area (Å²) in [6, 6.07) is 17.3. The Hall–Kier alpha value is -2.89. The molecule has 0 spiro atoms. The van der Waals surface area contributed by atoms with Gasteiger partial charge in [0.1, 0.15) is 11.5 Å². The van der Waals surface area contributed by atoms with Gasteiger partial charge in [-0.15, -0.1) is 0 Å². The van der Waals surface area contributed by atoms with Crippen molar-refractivity contribution in [2.45, 2.75) is 45.3 Å². The van der Waals surface area contributed by atoms with Crippen LogP contribution in [0, 0.1) is 0 Å². The molecule has 2 heterocycles. The minimum atomic E-state index is -0.116. The molecule has 1 atom stereocenters. The maximum atomic E-state index is 12.7. The molecular formula is C26H27ClN2O3. The van der Waals surface area contributed by atoms with Crippen molar-refractivity contribution in [2.24, 2.45) is 0 Å². The normalized spacial score (nSPS) is 16.1. The summed E-state index contributed by atoms with van der Waals surface area (Å²) in [4.78, 5) is 18.7. The molecule has 0 aliphatic carbocycles. The van der Waals surface area contributed by atoms with Crippen molar-refractivity contribution in [3.8, 4) is 11.5 Å². The molecule has 1 N–H and O–H groups in total. The smallest absolute Gasteiger partial charge is 0.223 e. The maximum Gasteiger partial charge on any atom is 0.223 e. The van der Waals surface area contributed by atoms with E-state index in [4.69, 9.17) is 16.3 Å². The number of rotatable bonds is 7. The number of amides is 1. The predicted octanol–water partition coefficient (Wildman–Crippen LogP) is 5.66. The van der Waals surface area contributed by atoms with E-state index in [1.807, 2.05) is 36.4 Å². The number of benzene rings is 2. The zero-order valence-corrected chi connectivity index (χ0v) is 19.0.